The second-order valence-corrected chi connectivity index (χ2v) is 13.6. The quantitative estimate of drug-likeness (QED) is 0.107. The molecule has 17 nitrogen and oxygen atoms in total. The molecule has 2 saturated heterocycles. The first-order valence-corrected chi connectivity index (χ1v) is 17.7. The van der Waals surface area contributed by atoms with Crippen LogP contribution < -0.4 is 27.0 Å². The molecule has 2 aliphatic heterocycles. The van der Waals surface area contributed by atoms with Gasteiger partial charge in [0.2, 0.25) is 23.6 Å². The van der Waals surface area contributed by atoms with E-state index < -0.39 is 72.2 Å². The molecule has 4 atom stereocenters. The number of nitrogens with two attached hydrogens (primary N) is 2. The van der Waals surface area contributed by atoms with Crippen molar-refractivity contribution in [1.29, 1.82) is 0 Å². The molecule has 2 heterocycles. The van der Waals surface area contributed by atoms with Crippen LogP contribution in [0.4, 0.5) is 15.3 Å². The van der Waals surface area contributed by atoms with Crippen LogP contribution in [-0.4, -0.2) is 104 Å². The number of para-hydroxylation sites is 1. The van der Waals surface area contributed by atoms with Crippen molar-refractivity contribution >= 4 is 41.5 Å². The van der Waals surface area contributed by atoms with Crippen LogP contribution in [0.5, 0.6) is 0 Å². The van der Waals surface area contributed by atoms with Gasteiger partial charge in [0, 0.05) is 31.9 Å². The average Bonchev–Trinajstić information content (AvgIpc) is 3.83. The number of carboxylic acid groups (broad SMARTS) is 2. The van der Waals surface area contributed by atoms with Crippen molar-refractivity contribution in [3.8, 4) is 0 Å². The third kappa shape index (κ3) is 8.02. The second-order valence-electron chi connectivity index (χ2n) is 13.6. The van der Waals surface area contributed by atoms with E-state index in [0.29, 0.717) is 37.1 Å². The highest BCUT2D eigenvalue weighted by atomic mass is 16.4. The molecule has 6 amide bonds. The van der Waals surface area contributed by atoms with Crippen LogP contribution in [0.3, 0.4) is 0 Å². The van der Waals surface area contributed by atoms with E-state index in [1.807, 2.05) is 65.2 Å². The lowest BCUT2D eigenvalue weighted by Crippen LogP contribution is -2.59. The molecule has 0 saturated carbocycles. The molecule has 0 spiro atoms. The summed E-state index contributed by atoms with van der Waals surface area (Å²) in [7, 11) is 0. The first kappa shape index (κ1) is 40.0. The van der Waals surface area contributed by atoms with Crippen molar-refractivity contribution in [3.63, 3.8) is 0 Å². The van der Waals surface area contributed by atoms with Crippen LogP contribution in [0.2, 0.25) is 0 Å². The zero-order chi connectivity index (χ0) is 39.9. The van der Waals surface area contributed by atoms with Gasteiger partial charge in [-0.05, 0) is 60.1 Å². The Morgan fingerprint density at radius 2 is 1.02 bits per heavy atom. The number of anilines is 1. The minimum absolute atomic E-state index is 0.141. The number of aliphatic hydroxyl groups excluding tert-OH is 2. The van der Waals surface area contributed by atoms with Crippen molar-refractivity contribution in [3.05, 3.63) is 101 Å². The van der Waals surface area contributed by atoms with E-state index >= 15 is 0 Å². The van der Waals surface area contributed by atoms with E-state index in [1.54, 1.807) is 24.3 Å². The molecule has 0 unspecified atom stereocenters. The Bertz CT molecular complexity index is 1780. The van der Waals surface area contributed by atoms with Gasteiger partial charge in [0.25, 0.3) is 0 Å². The van der Waals surface area contributed by atoms with Crippen LogP contribution in [-0.2, 0) is 43.3 Å². The monoisotopic (exact) mass is 759 g/mol. The van der Waals surface area contributed by atoms with Crippen LogP contribution in [0.25, 0.3) is 0 Å². The van der Waals surface area contributed by atoms with E-state index in [9.17, 15) is 39.0 Å². The average molecular weight is 760 g/mol. The maximum atomic E-state index is 13.4. The Labute approximate surface area is 316 Å². The number of hydrogen-bond acceptors (Lipinski definition) is 9. The van der Waals surface area contributed by atoms with Gasteiger partial charge in [-0.15, -0.1) is 0 Å². The summed E-state index contributed by atoms with van der Waals surface area (Å²) in [4.78, 5) is 79.9. The molecule has 3 aromatic rings. The number of carbonyl (C=O) groups excluding carboxylic acids is 4. The zero-order valence-electron chi connectivity index (χ0n) is 30.0. The van der Waals surface area contributed by atoms with Crippen LogP contribution in [0.15, 0.2) is 78.9 Å². The van der Waals surface area contributed by atoms with E-state index in [4.69, 9.17) is 21.7 Å². The number of carbonyl (C=O) groups is 6. The second kappa shape index (κ2) is 16.9. The zero-order valence-corrected chi connectivity index (χ0v) is 30.0. The van der Waals surface area contributed by atoms with Gasteiger partial charge in [-0.25, -0.2) is 9.59 Å². The largest absolute Gasteiger partial charge is 0.465 e. The van der Waals surface area contributed by atoms with Gasteiger partial charge >= 0.3 is 12.2 Å². The normalized spacial score (nSPS) is 20.3. The number of primary amides is 2. The van der Waals surface area contributed by atoms with E-state index in [0.717, 1.165) is 16.8 Å². The molecule has 3 aromatic carbocycles. The molecule has 292 valence electrons. The minimum Gasteiger partial charge on any atom is -0.465 e. The molecular weight excluding hydrogens is 714 g/mol. The Hall–Kier alpha value is -6.20. The Morgan fingerprint density at radius 3 is 1.35 bits per heavy atom. The summed E-state index contributed by atoms with van der Waals surface area (Å²) >= 11 is 0. The van der Waals surface area contributed by atoms with Crippen LogP contribution in [0.1, 0.15) is 47.9 Å². The predicted molar refractivity (Wildman–Crippen MR) is 197 cm³/mol. The number of amides is 6. The topological polar surface area (TPSA) is 269 Å². The van der Waals surface area contributed by atoms with Crippen molar-refractivity contribution in [1.82, 2.24) is 20.4 Å². The molecular formula is C38H45N7O10. The Kier molecular flexibility index (Phi) is 12.3. The van der Waals surface area contributed by atoms with Gasteiger partial charge in [-0.3, -0.25) is 19.2 Å². The van der Waals surface area contributed by atoms with Gasteiger partial charge < -0.3 is 57.2 Å². The summed E-state index contributed by atoms with van der Waals surface area (Å²) in [5.74, 6) is -3.07. The third-order valence-corrected chi connectivity index (χ3v) is 10.4. The molecule has 2 aliphatic rings. The first-order valence-electron chi connectivity index (χ1n) is 17.7. The number of benzene rings is 3. The molecule has 17 heteroatoms. The number of hydrogen-bond donors (Lipinski definition) is 8. The molecule has 10 N–H and O–H groups in total. The van der Waals surface area contributed by atoms with Crippen molar-refractivity contribution in [2.45, 2.75) is 61.9 Å². The fraction of sp³-hybridized carbons (Fsp3) is 0.368. The van der Waals surface area contributed by atoms with Gasteiger partial charge in [0.1, 0.15) is 23.2 Å². The third-order valence-electron chi connectivity index (χ3n) is 10.4. The number of aliphatic hydroxyl groups is 2. The predicted octanol–water partition coefficient (Wildman–Crippen LogP) is 0.756. The summed E-state index contributed by atoms with van der Waals surface area (Å²) in [5.41, 5.74) is 12.3. The fourth-order valence-corrected chi connectivity index (χ4v) is 7.77. The molecule has 55 heavy (non-hydrogen) atoms. The maximum absolute atomic E-state index is 13.4. The van der Waals surface area contributed by atoms with Crippen molar-refractivity contribution in [2.75, 3.05) is 31.2 Å². The van der Waals surface area contributed by atoms with Gasteiger partial charge in [-0.1, -0.05) is 66.7 Å². The standard InChI is InChI=1S/C38H45N7O10/c39-33(50)37(16-4-18-44(37)31(48)29(22-46)41-35(52)53)26-12-8-24(9-13-26)20-43(28-6-2-1-3-7-28)21-25-10-14-27(15-11-25)38(34(40)51)17-5-19-45(38)32(49)30(23-47)42-36(54)55/h1-3,6-15,29-30,41-42,46-47H,4-5,16-23H2,(H2,39,50)(H2,40,51)(H,52,53)(H,54,55)/t29-,30-,37-,38-/m0/s1. The van der Waals surface area contributed by atoms with Crippen molar-refractivity contribution in [2.24, 2.45) is 11.5 Å². The fourth-order valence-electron chi connectivity index (χ4n) is 7.77. The first-order chi connectivity index (χ1) is 26.3. The summed E-state index contributed by atoms with van der Waals surface area (Å²) < 4.78 is 0. The Balaban J connectivity index is 1.40. The summed E-state index contributed by atoms with van der Waals surface area (Å²) in [5, 5.41) is 41.8. The van der Waals surface area contributed by atoms with Gasteiger partial charge in [-0.2, -0.15) is 0 Å². The summed E-state index contributed by atoms with van der Waals surface area (Å²) in [6, 6.07) is 20.8. The Morgan fingerprint density at radius 1 is 0.636 bits per heavy atom. The van der Waals surface area contributed by atoms with Gasteiger partial charge in [0.05, 0.1) is 13.2 Å². The SMILES string of the molecule is NC(=O)[C@@]1(c2ccc(CN(Cc3ccc([C@]4(C(N)=O)CCCN4C(=O)[C@H](CO)NC(=O)O)cc3)c3ccccc3)cc2)CCCN1C(=O)[C@H](CO)NC(=O)O. The molecule has 0 radical (unpaired) electrons. The molecule has 0 aliphatic carbocycles. The highest BCUT2D eigenvalue weighted by Gasteiger charge is 2.52. The van der Waals surface area contributed by atoms with E-state index in [-0.39, 0.29) is 25.9 Å². The number of likely N-dealkylation sites (tertiary alicyclic amines) is 2. The molecule has 2 fully saturated rings. The highest BCUT2D eigenvalue weighted by Crippen LogP contribution is 2.41. The summed E-state index contributed by atoms with van der Waals surface area (Å²) in [6.45, 7) is -0.506. The molecule has 0 bridgehead atoms. The number of rotatable bonds is 15. The van der Waals surface area contributed by atoms with E-state index in [2.05, 4.69) is 4.90 Å². The molecule has 5 rings (SSSR count). The number of nitrogens with zero attached hydrogens (tertiary/aromatic N) is 3. The van der Waals surface area contributed by atoms with Crippen molar-refractivity contribution < 1.29 is 49.2 Å². The van der Waals surface area contributed by atoms with Gasteiger partial charge in [0.15, 0.2) is 0 Å². The lowest BCUT2D eigenvalue weighted by Gasteiger charge is -2.38. The lowest BCUT2D eigenvalue weighted by atomic mass is 9.85. The summed E-state index contributed by atoms with van der Waals surface area (Å²) in [6.07, 6.45) is -1.69. The van der Waals surface area contributed by atoms with E-state index in [1.165, 1.54) is 9.80 Å². The van der Waals surface area contributed by atoms with Crippen LogP contribution in [0, 0.1) is 0 Å². The maximum Gasteiger partial charge on any atom is 0.405 e. The lowest BCUT2D eigenvalue weighted by molar-refractivity contribution is -0.146. The minimum atomic E-state index is -1.54. The highest BCUT2D eigenvalue weighted by molar-refractivity contribution is 5.96. The number of nitrogens with one attached hydrogen (secondary N) is 2. The molecule has 0 aromatic heterocycles. The smallest absolute Gasteiger partial charge is 0.405 e. The van der Waals surface area contributed by atoms with Crippen LogP contribution >= 0.6 is 0 Å².